The van der Waals surface area contributed by atoms with E-state index in [4.69, 9.17) is 21.1 Å². The van der Waals surface area contributed by atoms with Gasteiger partial charge in [0.25, 0.3) is 5.91 Å². The number of rotatable bonds is 3. The molecule has 2 heterocycles. The number of nitrogens with zero attached hydrogens (tertiary/aromatic N) is 1. The van der Waals surface area contributed by atoms with E-state index in [1.807, 2.05) is 24.3 Å². The van der Waals surface area contributed by atoms with Crippen LogP contribution in [0.4, 0.5) is 0 Å². The summed E-state index contributed by atoms with van der Waals surface area (Å²) in [5.74, 6) is -0.267. The van der Waals surface area contributed by atoms with Crippen molar-refractivity contribution in [3.63, 3.8) is 0 Å². The number of para-hydroxylation sites is 1. The minimum atomic E-state index is -0.267. The predicted octanol–water partition coefficient (Wildman–Crippen LogP) is 2.03. The predicted molar refractivity (Wildman–Crippen MR) is 79.6 cm³/mol. The number of nitrogens with one attached hydrogen (secondary N) is 1. The van der Waals surface area contributed by atoms with E-state index in [0.717, 1.165) is 5.39 Å². The average Bonchev–Trinajstić information content (AvgIpc) is 2.53. The molecule has 1 saturated heterocycles. The van der Waals surface area contributed by atoms with Gasteiger partial charge in [0, 0.05) is 11.9 Å². The molecule has 1 aliphatic heterocycles. The normalized spacial score (nSPS) is 18.6. The van der Waals surface area contributed by atoms with E-state index in [9.17, 15) is 4.79 Å². The minimum absolute atomic E-state index is 0.112. The van der Waals surface area contributed by atoms with Gasteiger partial charge in [-0.2, -0.15) is 0 Å². The average molecular weight is 307 g/mol. The Morgan fingerprint density at radius 2 is 2.24 bits per heavy atom. The summed E-state index contributed by atoms with van der Waals surface area (Å²) in [7, 11) is 0. The highest BCUT2D eigenvalue weighted by Crippen LogP contribution is 2.22. The largest absolute Gasteiger partial charge is 0.376 e. The Morgan fingerprint density at radius 1 is 1.38 bits per heavy atom. The molecule has 1 unspecified atom stereocenters. The van der Waals surface area contributed by atoms with Crippen molar-refractivity contribution in [3.8, 4) is 0 Å². The fourth-order valence-corrected chi connectivity index (χ4v) is 2.46. The number of aromatic nitrogens is 1. The van der Waals surface area contributed by atoms with Gasteiger partial charge in [0.05, 0.1) is 36.5 Å². The Balaban J connectivity index is 1.72. The SMILES string of the molecule is O=C(NCC1COCCO1)c1cc(Cl)c2ccccc2n1. The molecule has 21 heavy (non-hydrogen) atoms. The molecule has 1 fully saturated rings. The number of carbonyl (C=O) groups excluding carboxylic acids is 1. The molecule has 0 spiro atoms. The van der Waals surface area contributed by atoms with Gasteiger partial charge in [-0.1, -0.05) is 29.8 Å². The van der Waals surface area contributed by atoms with Gasteiger partial charge < -0.3 is 14.8 Å². The number of hydrogen-bond donors (Lipinski definition) is 1. The summed E-state index contributed by atoms with van der Waals surface area (Å²) < 4.78 is 10.8. The van der Waals surface area contributed by atoms with E-state index in [2.05, 4.69) is 10.3 Å². The lowest BCUT2D eigenvalue weighted by molar-refractivity contribution is -0.0855. The minimum Gasteiger partial charge on any atom is -0.376 e. The number of pyridine rings is 1. The zero-order valence-electron chi connectivity index (χ0n) is 11.3. The monoisotopic (exact) mass is 306 g/mol. The summed E-state index contributed by atoms with van der Waals surface area (Å²) in [5, 5.41) is 4.15. The molecule has 5 nitrogen and oxygen atoms in total. The maximum atomic E-state index is 12.2. The number of halogens is 1. The second-order valence-corrected chi connectivity index (χ2v) is 5.19. The van der Waals surface area contributed by atoms with Gasteiger partial charge in [-0.25, -0.2) is 4.98 Å². The molecule has 0 aliphatic carbocycles. The Morgan fingerprint density at radius 3 is 3.05 bits per heavy atom. The fourth-order valence-electron chi connectivity index (χ4n) is 2.20. The van der Waals surface area contributed by atoms with Gasteiger partial charge in [0.15, 0.2) is 0 Å². The Labute approximate surface area is 127 Å². The first-order valence-corrected chi connectivity index (χ1v) is 7.14. The number of hydrogen-bond acceptors (Lipinski definition) is 4. The van der Waals surface area contributed by atoms with Crippen LogP contribution >= 0.6 is 11.6 Å². The van der Waals surface area contributed by atoms with Crippen LogP contribution < -0.4 is 5.32 Å². The zero-order chi connectivity index (χ0) is 14.7. The first kappa shape index (κ1) is 14.3. The van der Waals surface area contributed by atoms with Crippen molar-refractivity contribution in [2.24, 2.45) is 0 Å². The molecule has 1 aromatic heterocycles. The number of ether oxygens (including phenoxy) is 2. The molecule has 0 bridgehead atoms. The highest BCUT2D eigenvalue weighted by molar-refractivity contribution is 6.35. The first-order valence-electron chi connectivity index (χ1n) is 6.77. The number of benzene rings is 1. The van der Waals surface area contributed by atoms with Gasteiger partial charge >= 0.3 is 0 Å². The van der Waals surface area contributed by atoms with Crippen LogP contribution in [-0.4, -0.2) is 43.4 Å². The highest BCUT2D eigenvalue weighted by atomic mass is 35.5. The molecular formula is C15H15ClN2O3. The Kier molecular flexibility index (Phi) is 4.34. The molecular weight excluding hydrogens is 292 g/mol. The van der Waals surface area contributed by atoms with Gasteiger partial charge in [-0.3, -0.25) is 4.79 Å². The third kappa shape index (κ3) is 3.32. The van der Waals surface area contributed by atoms with E-state index in [1.165, 1.54) is 0 Å². The maximum absolute atomic E-state index is 12.2. The van der Waals surface area contributed by atoms with Gasteiger partial charge in [-0.15, -0.1) is 0 Å². The molecule has 1 atom stereocenters. The van der Waals surface area contributed by atoms with Crippen molar-refractivity contribution < 1.29 is 14.3 Å². The molecule has 1 amide bonds. The lowest BCUT2D eigenvalue weighted by Gasteiger charge is -2.23. The second-order valence-electron chi connectivity index (χ2n) is 4.78. The van der Waals surface area contributed by atoms with Crippen molar-refractivity contribution in [3.05, 3.63) is 41.0 Å². The van der Waals surface area contributed by atoms with Gasteiger partial charge in [0.2, 0.25) is 0 Å². The molecule has 1 N–H and O–H groups in total. The summed E-state index contributed by atoms with van der Waals surface area (Å²) in [6.07, 6.45) is -0.112. The maximum Gasteiger partial charge on any atom is 0.270 e. The molecule has 110 valence electrons. The Bertz CT molecular complexity index is 656. The third-order valence-corrected chi connectivity index (χ3v) is 3.59. The van der Waals surface area contributed by atoms with E-state index < -0.39 is 0 Å². The standard InChI is InChI=1S/C15H15ClN2O3/c16-12-7-14(18-13-4-2-1-3-11(12)13)15(19)17-8-10-9-20-5-6-21-10/h1-4,7,10H,5-6,8-9H2,(H,17,19). The van der Waals surface area contributed by atoms with E-state index in [0.29, 0.717) is 42.6 Å². The van der Waals surface area contributed by atoms with Crippen LogP contribution in [0.5, 0.6) is 0 Å². The van der Waals surface area contributed by atoms with Crippen LogP contribution in [0.3, 0.4) is 0 Å². The molecule has 1 aromatic carbocycles. The van der Waals surface area contributed by atoms with Gasteiger partial charge in [-0.05, 0) is 12.1 Å². The summed E-state index contributed by atoms with van der Waals surface area (Å²) in [6, 6.07) is 9.03. The summed E-state index contributed by atoms with van der Waals surface area (Å²) in [4.78, 5) is 16.5. The van der Waals surface area contributed by atoms with Crippen LogP contribution in [0.1, 0.15) is 10.5 Å². The van der Waals surface area contributed by atoms with Crippen molar-refractivity contribution >= 4 is 28.4 Å². The second kappa shape index (κ2) is 6.39. The van der Waals surface area contributed by atoms with Crippen LogP contribution in [0.25, 0.3) is 10.9 Å². The summed E-state index contributed by atoms with van der Waals surface area (Å²) >= 11 is 6.19. The van der Waals surface area contributed by atoms with Crippen molar-refractivity contribution in [1.29, 1.82) is 0 Å². The molecule has 0 saturated carbocycles. The van der Waals surface area contributed by atoms with Crippen LogP contribution in [0.2, 0.25) is 5.02 Å². The topological polar surface area (TPSA) is 60.5 Å². The molecule has 3 rings (SSSR count). The van der Waals surface area contributed by atoms with Crippen LogP contribution in [0, 0.1) is 0 Å². The Hall–Kier alpha value is -1.69. The van der Waals surface area contributed by atoms with E-state index >= 15 is 0 Å². The smallest absolute Gasteiger partial charge is 0.270 e. The van der Waals surface area contributed by atoms with E-state index in [1.54, 1.807) is 6.07 Å². The van der Waals surface area contributed by atoms with Crippen LogP contribution in [-0.2, 0) is 9.47 Å². The zero-order valence-corrected chi connectivity index (χ0v) is 12.1. The molecule has 6 heteroatoms. The lowest BCUT2D eigenvalue weighted by Crippen LogP contribution is -2.39. The van der Waals surface area contributed by atoms with Crippen LogP contribution in [0.15, 0.2) is 30.3 Å². The summed E-state index contributed by atoms with van der Waals surface area (Å²) in [6.45, 7) is 2.05. The highest BCUT2D eigenvalue weighted by Gasteiger charge is 2.17. The molecule has 1 aliphatic rings. The van der Waals surface area contributed by atoms with Gasteiger partial charge in [0.1, 0.15) is 5.69 Å². The summed E-state index contributed by atoms with van der Waals surface area (Å²) in [5.41, 5.74) is 1.00. The molecule has 2 aromatic rings. The fraction of sp³-hybridized carbons (Fsp3) is 0.333. The number of carbonyl (C=O) groups is 1. The number of fused-ring (bicyclic) bond motifs is 1. The molecule has 0 radical (unpaired) electrons. The van der Waals surface area contributed by atoms with Crippen molar-refractivity contribution in [2.75, 3.05) is 26.4 Å². The first-order chi connectivity index (χ1) is 10.2. The lowest BCUT2D eigenvalue weighted by atomic mass is 10.2. The number of amides is 1. The van der Waals surface area contributed by atoms with Crippen molar-refractivity contribution in [1.82, 2.24) is 10.3 Å². The quantitative estimate of drug-likeness (QED) is 0.942. The van der Waals surface area contributed by atoms with Crippen molar-refractivity contribution in [2.45, 2.75) is 6.10 Å². The van der Waals surface area contributed by atoms with E-state index in [-0.39, 0.29) is 12.0 Å². The third-order valence-electron chi connectivity index (χ3n) is 3.27.